The molecule has 0 atom stereocenters. The Hall–Kier alpha value is -1.18. The third-order valence-corrected chi connectivity index (χ3v) is 4.75. The summed E-state index contributed by atoms with van der Waals surface area (Å²) < 4.78 is 8.28. The average molecular weight is 374 g/mol. The highest BCUT2D eigenvalue weighted by atomic mass is 79.9. The quantitative estimate of drug-likeness (QED) is 0.657. The first-order chi connectivity index (χ1) is 9.72. The molecule has 3 rings (SSSR count). The van der Waals surface area contributed by atoms with E-state index in [2.05, 4.69) is 36.9 Å². The van der Waals surface area contributed by atoms with Gasteiger partial charge < -0.3 is 9.30 Å². The highest BCUT2D eigenvalue weighted by Crippen LogP contribution is 2.26. The van der Waals surface area contributed by atoms with Gasteiger partial charge in [0, 0.05) is 14.7 Å². The number of methoxy groups -OCH3 is 1. The van der Waals surface area contributed by atoms with Crippen LogP contribution in [0.2, 0.25) is 0 Å². The summed E-state index contributed by atoms with van der Waals surface area (Å²) in [6.45, 7) is 0.676. The maximum absolute atomic E-state index is 5.99. The van der Waals surface area contributed by atoms with Gasteiger partial charge in [-0.25, -0.2) is 9.97 Å². The van der Waals surface area contributed by atoms with Crippen LogP contribution >= 0.6 is 38.9 Å². The van der Waals surface area contributed by atoms with Crippen LogP contribution in [0, 0.1) is 0 Å². The molecule has 20 heavy (non-hydrogen) atoms. The maximum Gasteiger partial charge on any atom is 0.245 e. The van der Waals surface area contributed by atoms with Gasteiger partial charge in [0.1, 0.15) is 12.2 Å². The fourth-order valence-electron chi connectivity index (χ4n) is 1.97. The number of alkyl halides is 1. The molecule has 0 aromatic carbocycles. The van der Waals surface area contributed by atoms with Crippen molar-refractivity contribution < 1.29 is 4.74 Å². The number of hydrogen-bond acceptors (Lipinski definition) is 5. The van der Waals surface area contributed by atoms with E-state index in [1.165, 1.54) is 11.2 Å². The van der Waals surface area contributed by atoms with Crippen LogP contribution in [0.1, 0.15) is 10.7 Å². The van der Waals surface area contributed by atoms with Crippen molar-refractivity contribution in [3.05, 3.63) is 32.9 Å². The van der Waals surface area contributed by atoms with Gasteiger partial charge in [-0.3, -0.25) is 0 Å². The zero-order valence-corrected chi connectivity index (χ0v) is 13.7. The Morgan fingerprint density at radius 2 is 2.30 bits per heavy atom. The van der Waals surface area contributed by atoms with Gasteiger partial charge in [0.2, 0.25) is 5.88 Å². The van der Waals surface area contributed by atoms with Crippen molar-refractivity contribution in [1.82, 2.24) is 19.5 Å². The maximum atomic E-state index is 5.99. The Morgan fingerprint density at radius 1 is 1.45 bits per heavy atom. The molecule has 0 aliphatic rings. The molecule has 0 saturated heterocycles. The molecule has 0 bridgehead atoms. The third-order valence-electron chi connectivity index (χ3n) is 2.83. The van der Waals surface area contributed by atoms with Crippen molar-refractivity contribution in [1.29, 1.82) is 0 Å². The van der Waals surface area contributed by atoms with Gasteiger partial charge in [-0.2, -0.15) is 4.98 Å². The Morgan fingerprint density at radius 3 is 2.95 bits per heavy atom. The first-order valence-electron chi connectivity index (χ1n) is 5.76. The van der Waals surface area contributed by atoms with Crippen LogP contribution in [0.4, 0.5) is 0 Å². The molecule has 0 unspecified atom stereocenters. The van der Waals surface area contributed by atoms with E-state index < -0.39 is 0 Å². The summed E-state index contributed by atoms with van der Waals surface area (Å²) >= 11 is 11.1. The topological polar surface area (TPSA) is 52.8 Å². The highest BCUT2D eigenvalue weighted by Gasteiger charge is 2.16. The molecule has 8 heteroatoms. The van der Waals surface area contributed by atoms with E-state index >= 15 is 0 Å². The first kappa shape index (κ1) is 13.8. The van der Waals surface area contributed by atoms with E-state index in [1.807, 2.05) is 9.95 Å². The summed E-state index contributed by atoms with van der Waals surface area (Å²) in [6.07, 6.45) is 1.47. The smallest absolute Gasteiger partial charge is 0.245 e. The van der Waals surface area contributed by atoms with Gasteiger partial charge in [-0.05, 0) is 22.0 Å². The Kier molecular flexibility index (Phi) is 3.91. The molecular formula is C12H10BrClN4OS. The summed E-state index contributed by atoms with van der Waals surface area (Å²) in [7, 11) is 1.57. The number of halogens is 2. The predicted octanol–water partition coefficient (Wildman–Crippen LogP) is 3.45. The lowest BCUT2D eigenvalue weighted by molar-refractivity contribution is 0.401. The highest BCUT2D eigenvalue weighted by molar-refractivity contribution is 9.10. The summed E-state index contributed by atoms with van der Waals surface area (Å²) in [5.41, 5.74) is 1.37. The fourth-order valence-corrected chi connectivity index (χ4v) is 3.61. The molecular weight excluding hydrogens is 364 g/mol. The van der Waals surface area contributed by atoms with E-state index in [4.69, 9.17) is 16.3 Å². The van der Waals surface area contributed by atoms with Crippen LogP contribution in [-0.4, -0.2) is 26.6 Å². The zero-order chi connectivity index (χ0) is 14.1. The van der Waals surface area contributed by atoms with Gasteiger partial charge in [-0.15, -0.1) is 22.9 Å². The summed E-state index contributed by atoms with van der Waals surface area (Å²) in [5, 5.41) is 2.05. The molecule has 5 nitrogen and oxygen atoms in total. The number of imidazole rings is 1. The number of aromatic nitrogens is 4. The van der Waals surface area contributed by atoms with Gasteiger partial charge in [0.25, 0.3) is 0 Å². The Labute approximate surface area is 132 Å². The predicted molar refractivity (Wildman–Crippen MR) is 82.6 cm³/mol. The molecule has 0 fully saturated rings. The molecule has 0 aliphatic heterocycles. The Bertz CT molecular complexity index is 757. The van der Waals surface area contributed by atoms with Crippen LogP contribution in [0.3, 0.4) is 0 Å². The van der Waals surface area contributed by atoms with E-state index in [9.17, 15) is 0 Å². The molecule has 0 N–H and O–H groups in total. The molecule has 0 aliphatic carbocycles. The third kappa shape index (κ3) is 2.41. The largest absolute Gasteiger partial charge is 0.479 e. The molecule has 0 spiro atoms. The number of hydrogen-bond donors (Lipinski definition) is 0. The van der Waals surface area contributed by atoms with Crippen LogP contribution in [0.15, 0.2) is 22.2 Å². The Balaban J connectivity index is 2.13. The van der Waals surface area contributed by atoms with Crippen molar-refractivity contribution in [3.63, 3.8) is 0 Å². The molecule has 0 saturated carbocycles. The minimum absolute atomic E-state index is 0.312. The van der Waals surface area contributed by atoms with E-state index in [0.717, 1.165) is 15.9 Å². The number of fused-ring (bicyclic) bond motifs is 1. The summed E-state index contributed by atoms with van der Waals surface area (Å²) in [4.78, 5) is 14.0. The van der Waals surface area contributed by atoms with Crippen molar-refractivity contribution in [2.45, 2.75) is 12.4 Å². The second-order valence-electron chi connectivity index (χ2n) is 4.03. The lowest BCUT2D eigenvalue weighted by atomic mass is 10.4. The normalized spacial score (nSPS) is 11.2. The fraction of sp³-hybridized carbons (Fsp3) is 0.250. The second-order valence-corrected chi connectivity index (χ2v) is 6.21. The number of ether oxygens (including phenoxy) is 1. The van der Waals surface area contributed by atoms with E-state index in [0.29, 0.717) is 23.8 Å². The molecule has 3 heterocycles. The lowest BCUT2D eigenvalue weighted by Crippen LogP contribution is -2.03. The van der Waals surface area contributed by atoms with Crippen molar-refractivity contribution in [3.8, 4) is 5.88 Å². The SMILES string of the molecule is COc1ncnc2c1nc(CCl)n2Cc1cc(Br)cs1. The number of nitrogens with zero attached hydrogens (tertiary/aromatic N) is 4. The van der Waals surface area contributed by atoms with E-state index in [-0.39, 0.29) is 0 Å². The standard InChI is InChI=1S/C12H10BrClN4OS/c1-19-12-10-11(15-6-16-12)18(9(3-14)17-10)4-8-2-7(13)5-20-8/h2,5-6H,3-4H2,1H3. The number of thiophene rings is 1. The minimum Gasteiger partial charge on any atom is -0.479 e. The monoisotopic (exact) mass is 372 g/mol. The second kappa shape index (κ2) is 5.67. The van der Waals surface area contributed by atoms with Gasteiger partial charge in [-0.1, -0.05) is 0 Å². The van der Waals surface area contributed by atoms with Gasteiger partial charge in [0.05, 0.1) is 19.5 Å². The molecule has 104 valence electrons. The molecule has 3 aromatic heterocycles. The molecule has 0 amide bonds. The first-order valence-corrected chi connectivity index (χ1v) is 7.96. The van der Waals surface area contributed by atoms with Crippen molar-refractivity contribution >= 4 is 50.0 Å². The van der Waals surface area contributed by atoms with E-state index in [1.54, 1.807) is 18.4 Å². The van der Waals surface area contributed by atoms with Crippen molar-refractivity contribution in [2.24, 2.45) is 0 Å². The summed E-state index contributed by atoms with van der Waals surface area (Å²) in [5.74, 6) is 1.53. The number of rotatable bonds is 4. The minimum atomic E-state index is 0.312. The van der Waals surface area contributed by atoms with Crippen molar-refractivity contribution in [2.75, 3.05) is 7.11 Å². The van der Waals surface area contributed by atoms with Crippen LogP contribution in [-0.2, 0) is 12.4 Å². The zero-order valence-electron chi connectivity index (χ0n) is 10.5. The molecule has 3 aromatic rings. The van der Waals surface area contributed by atoms with Gasteiger partial charge in [0.15, 0.2) is 11.2 Å². The van der Waals surface area contributed by atoms with Crippen LogP contribution in [0.5, 0.6) is 5.88 Å². The summed E-state index contributed by atoms with van der Waals surface area (Å²) in [6, 6.07) is 2.08. The van der Waals surface area contributed by atoms with Gasteiger partial charge >= 0.3 is 0 Å². The lowest BCUT2D eigenvalue weighted by Gasteiger charge is -2.05. The van der Waals surface area contributed by atoms with Crippen LogP contribution < -0.4 is 4.74 Å². The average Bonchev–Trinajstić information content (AvgIpc) is 3.03. The van der Waals surface area contributed by atoms with Crippen LogP contribution in [0.25, 0.3) is 11.2 Å². The molecule has 0 radical (unpaired) electrons.